The Bertz CT molecular complexity index is 822. The first kappa shape index (κ1) is 14.2. The van der Waals surface area contributed by atoms with Crippen LogP contribution in [0.4, 0.5) is 10.1 Å². The molecule has 6 nitrogen and oxygen atoms in total. The van der Waals surface area contributed by atoms with Crippen LogP contribution in [0.2, 0.25) is 5.02 Å². The van der Waals surface area contributed by atoms with Gasteiger partial charge in [-0.15, -0.1) is 0 Å². The number of hydrogen-bond acceptors (Lipinski definition) is 4. The minimum atomic E-state index is -0.479. The first-order valence-electron chi connectivity index (χ1n) is 6.21. The Morgan fingerprint density at radius 2 is 2.18 bits per heavy atom. The number of rotatable bonds is 3. The second-order valence-corrected chi connectivity index (χ2v) is 4.70. The van der Waals surface area contributed by atoms with Crippen molar-refractivity contribution in [3.8, 4) is 5.82 Å². The zero-order valence-electron chi connectivity index (χ0n) is 11.1. The summed E-state index contributed by atoms with van der Waals surface area (Å²) in [5, 5.41) is 6.68. The minimum Gasteiger partial charge on any atom is -0.321 e. The standard InChI is InChI=1S/C14H9ClFN5O/c15-11-6-9(16)3-4-12(11)20-14(22)10-2-1-5-18-13(10)21-8-17-7-19-21/h1-8H,(H,20,22). The van der Waals surface area contributed by atoms with E-state index in [1.165, 1.54) is 29.5 Å². The van der Waals surface area contributed by atoms with Gasteiger partial charge in [-0.2, -0.15) is 5.10 Å². The summed E-state index contributed by atoms with van der Waals surface area (Å²) in [7, 11) is 0. The number of halogens is 2. The smallest absolute Gasteiger partial charge is 0.259 e. The van der Waals surface area contributed by atoms with Crippen LogP contribution < -0.4 is 5.32 Å². The molecule has 0 saturated heterocycles. The molecular formula is C14H9ClFN5O. The summed E-state index contributed by atoms with van der Waals surface area (Å²) in [6.45, 7) is 0. The fourth-order valence-electron chi connectivity index (χ4n) is 1.85. The van der Waals surface area contributed by atoms with Crippen LogP contribution in [0.1, 0.15) is 10.4 Å². The molecule has 1 N–H and O–H groups in total. The van der Waals surface area contributed by atoms with E-state index in [2.05, 4.69) is 20.4 Å². The summed E-state index contributed by atoms with van der Waals surface area (Å²) in [4.78, 5) is 20.4. The molecule has 22 heavy (non-hydrogen) atoms. The summed E-state index contributed by atoms with van der Waals surface area (Å²) < 4.78 is 14.4. The monoisotopic (exact) mass is 317 g/mol. The van der Waals surface area contributed by atoms with Crippen molar-refractivity contribution < 1.29 is 9.18 Å². The van der Waals surface area contributed by atoms with Crippen molar-refractivity contribution in [3.05, 3.63) is 65.6 Å². The minimum absolute atomic E-state index is 0.111. The van der Waals surface area contributed by atoms with Crippen molar-refractivity contribution >= 4 is 23.2 Å². The number of pyridine rings is 1. The summed E-state index contributed by atoms with van der Waals surface area (Å²) in [6, 6.07) is 6.95. The van der Waals surface area contributed by atoms with Crippen molar-refractivity contribution in [1.82, 2.24) is 19.7 Å². The molecule has 3 rings (SSSR count). The lowest BCUT2D eigenvalue weighted by atomic mass is 10.2. The predicted molar refractivity (Wildman–Crippen MR) is 78.5 cm³/mol. The second kappa shape index (κ2) is 5.90. The molecule has 0 radical (unpaired) electrons. The Balaban J connectivity index is 1.93. The van der Waals surface area contributed by atoms with Gasteiger partial charge >= 0.3 is 0 Å². The van der Waals surface area contributed by atoms with Gasteiger partial charge in [-0.3, -0.25) is 4.79 Å². The van der Waals surface area contributed by atoms with E-state index in [1.54, 1.807) is 18.3 Å². The van der Waals surface area contributed by atoms with Crippen LogP contribution in [0.5, 0.6) is 0 Å². The molecule has 0 bridgehead atoms. The van der Waals surface area contributed by atoms with Gasteiger partial charge in [0.1, 0.15) is 18.5 Å². The second-order valence-electron chi connectivity index (χ2n) is 4.29. The number of nitrogens with zero attached hydrogens (tertiary/aromatic N) is 4. The highest BCUT2D eigenvalue weighted by atomic mass is 35.5. The van der Waals surface area contributed by atoms with Gasteiger partial charge in [-0.25, -0.2) is 19.0 Å². The van der Waals surface area contributed by atoms with E-state index in [-0.39, 0.29) is 10.6 Å². The summed E-state index contributed by atoms with van der Waals surface area (Å²) in [6.07, 6.45) is 4.32. The molecule has 2 heterocycles. The van der Waals surface area contributed by atoms with E-state index < -0.39 is 11.7 Å². The number of benzene rings is 1. The molecule has 0 aliphatic carbocycles. The first-order chi connectivity index (χ1) is 10.6. The lowest BCUT2D eigenvalue weighted by Gasteiger charge is -2.10. The van der Waals surface area contributed by atoms with Crippen LogP contribution in [0.3, 0.4) is 0 Å². The van der Waals surface area contributed by atoms with Crippen LogP contribution in [0.15, 0.2) is 49.2 Å². The molecule has 1 amide bonds. The van der Waals surface area contributed by atoms with Gasteiger partial charge in [0.2, 0.25) is 0 Å². The van der Waals surface area contributed by atoms with E-state index in [4.69, 9.17) is 11.6 Å². The zero-order valence-corrected chi connectivity index (χ0v) is 11.8. The van der Waals surface area contributed by atoms with Crippen LogP contribution >= 0.6 is 11.6 Å². The molecule has 3 aromatic rings. The van der Waals surface area contributed by atoms with Crippen LogP contribution in [-0.4, -0.2) is 25.7 Å². The summed E-state index contributed by atoms with van der Waals surface area (Å²) >= 11 is 5.90. The highest BCUT2D eigenvalue weighted by Crippen LogP contribution is 2.23. The predicted octanol–water partition coefficient (Wildman–Crippen LogP) is 2.71. The van der Waals surface area contributed by atoms with Crippen molar-refractivity contribution in [2.45, 2.75) is 0 Å². The maximum Gasteiger partial charge on any atom is 0.259 e. The van der Waals surface area contributed by atoms with Crippen LogP contribution in [0.25, 0.3) is 5.82 Å². The molecule has 0 spiro atoms. The van der Waals surface area contributed by atoms with Crippen molar-refractivity contribution in [2.24, 2.45) is 0 Å². The molecule has 0 aliphatic heterocycles. The quantitative estimate of drug-likeness (QED) is 0.806. The number of aromatic nitrogens is 4. The van der Waals surface area contributed by atoms with Crippen LogP contribution in [0, 0.1) is 5.82 Å². The molecule has 8 heteroatoms. The number of anilines is 1. The third kappa shape index (κ3) is 2.79. The van der Waals surface area contributed by atoms with E-state index >= 15 is 0 Å². The SMILES string of the molecule is O=C(Nc1ccc(F)cc1Cl)c1cccnc1-n1cncn1. The molecule has 1 aromatic carbocycles. The van der Waals surface area contributed by atoms with Crippen LogP contribution in [-0.2, 0) is 0 Å². The average Bonchev–Trinajstić information content (AvgIpc) is 3.04. The Morgan fingerprint density at radius 1 is 1.32 bits per heavy atom. The van der Waals surface area contributed by atoms with Gasteiger partial charge in [0.05, 0.1) is 16.3 Å². The largest absolute Gasteiger partial charge is 0.321 e. The van der Waals surface area contributed by atoms with Crippen molar-refractivity contribution in [1.29, 1.82) is 0 Å². The summed E-state index contributed by atoms with van der Waals surface area (Å²) in [5.41, 5.74) is 0.592. The average molecular weight is 318 g/mol. The summed E-state index contributed by atoms with van der Waals surface area (Å²) in [5.74, 6) is -0.587. The van der Waals surface area contributed by atoms with E-state index in [9.17, 15) is 9.18 Å². The van der Waals surface area contributed by atoms with Gasteiger partial charge < -0.3 is 5.32 Å². The topological polar surface area (TPSA) is 72.7 Å². The maximum atomic E-state index is 13.0. The number of nitrogens with one attached hydrogen (secondary N) is 1. The van der Waals surface area contributed by atoms with E-state index in [0.29, 0.717) is 11.5 Å². The third-order valence-corrected chi connectivity index (χ3v) is 3.16. The lowest BCUT2D eigenvalue weighted by molar-refractivity contribution is 0.102. The Morgan fingerprint density at radius 3 is 2.91 bits per heavy atom. The molecular weight excluding hydrogens is 309 g/mol. The van der Waals surface area contributed by atoms with Gasteiger partial charge in [0.15, 0.2) is 5.82 Å². The zero-order chi connectivity index (χ0) is 15.5. The number of hydrogen-bond donors (Lipinski definition) is 1. The highest BCUT2D eigenvalue weighted by molar-refractivity contribution is 6.34. The maximum absolute atomic E-state index is 13.0. The fraction of sp³-hybridized carbons (Fsp3) is 0. The molecule has 110 valence electrons. The van der Waals surface area contributed by atoms with Gasteiger partial charge in [-0.05, 0) is 30.3 Å². The van der Waals surface area contributed by atoms with Crippen molar-refractivity contribution in [2.75, 3.05) is 5.32 Å². The van der Waals surface area contributed by atoms with Gasteiger partial charge in [-0.1, -0.05) is 11.6 Å². The molecule has 2 aromatic heterocycles. The first-order valence-corrected chi connectivity index (χ1v) is 6.59. The Hall–Kier alpha value is -2.80. The molecule has 0 unspecified atom stereocenters. The normalized spacial score (nSPS) is 10.5. The third-order valence-electron chi connectivity index (χ3n) is 2.85. The van der Waals surface area contributed by atoms with E-state index in [0.717, 1.165) is 6.07 Å². The molecule has 0 aliphatic rings. The Labute approximate surface area is 129 Å². The fourth-order valence-corrected chi connectivity index (χ4v) is 2.07. The number of carbonyl (C=O) groups is 1. The molecule has 0 saturated carbocycles. The molecule has 0 atom stereocenters. The lowest BCUT2D eigenvalue weighted by Crippen LogP contribution is -2.16. The Kier molecular flexibility index (Phi) is 3.80. The molecule has 0 fully saturated rings. The number of amides is 1. The van der Waals surface area contributed by atoms with Gasteiger partial charge in [0.25, 0.3) is 5.91 Å². The van der Waals surface area contributed by atoms with Gasteiger partial charge in [0, 0.05) is 6.20 Å². The van der Waals surface area contributed by atoms with E-state index in [1.807, 2.05) is 0 Å². The van der Waals surface area contributed by atoms with Crippen molar-refractivity contribution in [3.63, 3.8) is 0 Å². The highest BCUT2D eigenvalue weighted by Gasteiger charge is 2.15. The number of carbonyl (C=O) groups excluding carboxylic acids is 1.